The highest BCUT2D eigenvalue weighted by atomic mass is 19.1. The molecular weight excluding hydrogens is 219 g/mol. The third-order valence-corrected chi connectivity index (χ3v) is 2.42. The molecule has 0 saturated heterocycles. The monoisotopic (exact) mass is 228 g/mol. The Kier molecular flexibility index (Phi) is 2.71. The van der Waals surface area contributed by atoms with Gasteiger partial charge >= 0.3 is 0 Å². The molecule has 0 aliphatic rings. The van der Waals surface area contributed by atoms with Gasteiger partial charge in [0.05, 0.1) is 17.3 Å². The predicted molar refractivity (Wildman–Crippen MR) is 61.3 cm³/mol. The van der Waals surface area contributed by atoms with E-state index in [0.29, 0.717) is 22.6 Å². The molecule has 2 aromatic rings. The van der Waals surface area contributed by atoms with Crippen molar-refractivity contribution in [1.29, 1.82) is 5.26 Å². The van der Waals surface area contributed by atoms with Crippen LogP contribution in [-0.2, 0) is 0 Å². The second-order valence-electron chi connectivity index (χ2n) is 3.57. The lowest BCUT2D eigenvalue weighted by Gasteiger charge is -2.06. The zero-order chi connectivity index (χ0) is 12.4. The summed E-state index contributed by atoms with van der Waals surface area (Å²) in [5, 5.41) is 8.78. The fourth-order valence-corrected chi connectivity index (χ4v) is 1.55. The maximum Gasteiger partial charge on any atom is 0.130 e. The third kappa shape index (κ3) is 2.06. The largest absolute Gasteiger partial charge is 0.383 e. The van der Waals surface area contributed by atoms with E-state index in [9.17, 15) is 4.39 Å². The maximum absolute atomic E-state index is 13.3. The number of benzene rings is 1. The highest BCUT2D eigenvalue weighted by Gasteiger charge is 2.09. The molecule has 0 aliphatic heterocycles. The van der Waals surface area contributed by atoms with E-state index < -0.39 is 5.82 Å². The van der Waals surface area contributed by atoms with E-state index in [1.165, 1.54) is 18.5 Å². The van der Waals surface area contributed by atoms with E-state index in [1.54, 1.807) is 13.0 Å². The van der Waals surface area contributed by atoms with Crippen molar-refractivity contribution in [3.8, 4) is 17.3 Å². The molecule has 0 saturated carbocycles. The van der Waals surface area contributed by atoms with E-state index in [4.69, 9.17) is 11.0 Å². The second-order valence-corrected chi connectivity index (χ2v) is 3.57. The van der Waals surface area contributed by atoms with Crippen LogP contribution in [0.2, 0.25) is 0 Å². The number of anilines is 1. The lowest BCUT2D eigenvalue weighted by atomic mass is 10.0. The quantitative estimate of drug-likeness (QED) is 0.810. The van der Waals surface area contributed by atoms with Crippen LogP contribution in [-0.4, -0.2) is 9.97 Å². The molecule has 0 radical (unpaired) electrons. The zero-order valence-electron chi connectivity index (χ0n) is 9.11. The second kappa shape index (κ2) is 4.18. The average molecular weight is 228 g/mol. The van der Waals surface area contributed by atoms with Crippen LogP contribution in [0.15, 0.2) is 24.5 Å². The molecule has 0 amide bonds. The van der Waals surface area contributed by atoms with Gasteiger partial charge in [0.25, 0.3) is 0 Å². The summed E-state index contributed by atoms with van der Waals surface area (Å²) >= 11 is 0. The van der Waals surface area contributed by atoms with E-state index >= 15 is 0 Å². The van der Waals surface area contributed by atoms with Gasteiger partial charge in [-0.15, -0.1) is 0 Å². The molecule has 5 heteroatoms. The number of nitrogen functional groups attached to an aromatic ring is 1. The predicted octanol–water partition coefficient (Wildman–Crippen LogP) is 2.04. The first-order valence-corrected chi connectivity index (χ1v) is 4.90. The van der Waals surface area contributed by atoms with E-state index in [1.807, 2.05) is 6.07 Å². The number of halogens is 1. The van der Waals surface area contributed by atoms with Crippen LogP contribution >= 0.6 is 0 Å². The van der Waals surface area contributed by atoms with Crippen molar-refractivity contribution in [2.45, 2.75) is 6.92 Å². The first-order chi connectivity index (χ1) is 8.11. The van der Waals surface area contributed by atoms with E-state index in [0.717, 1.165) is 0 Å². The molecule has 4 nitrogen and oxygen atoms in total. The fraction of sp³-hybridized carbons (Fsp3) is 0.0833. The molecule has 0 unspecified atom stereocenters. The molecule has 17 heavy (non-hydrogen) atoms. The zero-order valence-corrected chi connectivity index (χ0v) is 9.11. The number of aromatic nitrogens is 2. The van der Waals surface area contributed by atoms with Gasteiger partial charge in [0.1, 0.15) is 18.0 Å². The van der Waals surface area contributed by atoms with Crippen LogP contribution in [0.25, 0.3) is 11.3 Å². The topological polar surface area (TPSA) is 75.6 Å². The minimum Gasteiger partial charge on any atom is -0.383 e. The van der Waals surface area contributed by atoms with Crippen molar-refractivity contribution < 1.29 is 4.39 Å². The molecule has 1 aromatic carbocycles. The van der Waals surface area contributed by atoms with Gasteiger partial charge in [-0.1, -0.05) is 0 Å². The van der Waals surface area contributed by atoms with Crippen molar-refractivity contribution in [2.24, 2.45) is 0 Å². The molecule has 2 rings (SSSR count). The van der Waals surface area contributed by atoms with Crippen LogP contribution in [0.3, 0.4) is 0 Å². The maximum atomic E-state index is 13.3. The normalized spacial score (nSPS) is 9.94. The Bertz CT molecular complexity index is 616. The SMILES string of the molecule is Cc1c(N)ncnc1-c1cc(F)cc(C#N)c1. The van der Waals surface area contributed by atoms with Gasteiger partial charge in [0.15, 0.2) is 0 Å². The number of nitrogens with two attached hydrogens (primary N) is 1. The molecule has 0 fully saturated rings. The van der Waals surface area contributed by atoms with Crippen LogP contribution in [0.4, 0.5) is 10.2 Å². The Morgan fingerprint density at radius 1 is 1.29 bits per heavy atom. The van der Waals surface area contributed by atoms with Gasteiger partial charge in [0.2, 0.25) is 0 Å². The molecule has 1 aromatic heterocycles. The Morgan fingerprint density at radius 3 is 2.76 bits per heavy atom. The molecular formula is C12H9FN4. The third-order valence-electron chi connectivity index (χ3n) is 2.42. The Morgan fingerprint density at radius 2 is 2.06 bits per heavy atom. The summed E-state index contributed by atoms with van der Waals surface area (Å²) in [5.74, 6) is -0.131. The summed E-state index contributed by atoms with van der Waals surface area (Å²) in [6.45, 7) is 1.75. The molecule has 0 spiro atoms. The average Bonchev–Trinajstić information content (AvgIpc) is 2.31. The van der Waals surface area contributed by atoms with Crippen molar-refractivity contribution in [1.82, 2.24) is 9.97 Å². The molecule has 2 N–H and O–H groups in total. The Balaban J connectivity index is 2.65. The summed E-state index contributed by atoms with van der Waals surface area (Å²) in [5.41, 5.74) is 7.63. The summed E-state index contributed by atoms with van der Waals surface area (Å²) in [6.07, 6.45) is 1.31. The van der Waals surface area contributed by atoms with Crippen molar-refractivity contribution >= 4 is 5.82 Å². The first kappa shape index (κ1) is 11.0. The number of nitrogens with zero attached hydrogens (tertiary/aromatic N) is 3. The van der Waals surface area contributed by atoms with Gasteiger partial charge in [-0.3, -0.25) is 0 Å². The summed E-state index contributed by atoms with van der Waals surface area (Å²) in [6, 6.07) is 5.95. The van der Waals surface area contributed by atoms with Crippen LogP contribution < -0.4 is 5.73 Å². The number of nitriles is 1. The molecule has 0 atom stereocenters. The van der Waals surface area contributed by atoms with Crippen LogP contribution in [0.5, 0.6) is 0 Å². The summed E-state index contributed by atoms with van der Waals surface area (Å²) < 4.78 is 13.3. The van der Waals surface area contributed by atoms with Gasteiger partial charge in [-0.05, 0) is 25.1 Å². The van der Waals surface area contributed by atoms with Crippen molar-refractivity contribution in [2.75, 3.05) is 5.73 Å². The Labute approximate surface area is 97.6 Å². The molecule has 1 heterocycles. The van der Waals surface area contributed by atoms with E-state index in [2.05, 4.69) is 9.97 Å². The first-order valence-electron chi connectivity index (χ1n) is 4.90. The standard InChI is InChI=1S/C12H9FN4/c1-7-11(16-6-17-12(7)15)9-2-8(5-14)3-10(13)4-9/h2-4,6H,1H3,(H2,15,16,17). The highest BCUT2D eigenvalue weighted by molar-refractivity contribution is 5.68. The minimum atomic E-state index is -0.476. The Hall–Kier alpha value is -2.48. The van der Waals surface area contributed by atoms with Gasteiger partial charge in [-0.25, -0.2) is 14.4 Å². The number of hydrogen-bond acceptors (Lipinski definition) is 4. The van der Waals surface area contributed by atoms with Crippen LogP contribution in [0, 0.1) is 24.1 Å². The van der Waals surface area contributed by atoms with Crippen molar-refractivity contribution in [3.05, 3.63) is 41.5 Å². The number of hydrogen-bond donors (Lipinski definition) is 1. The lowest BCUT2D eigenvalue weighted by molar-refractivity contribution is 0.628. The smallest absolute Gasteiger partial charge is 0.130 e. The van der Waals surface area contributed by atoms with E-state index in [-0.39, 0.29) is 5.56 Å². The summed E-state index contributed by atoms with van der Waals surface area (Å²) in [7, 11) is 0. The van der Waals surface area contributed by atoms with Gasteiger partial charge < -0.3 is 5.73 Å². The van der Waals surface area contributed by atoms with Crippen LogP contribution in [0.1, 0.15) is 11.1 Å². The van der Waals surface area contributed by atoms with Gasteiger partial charge in [0, 0.05) is 11.1 Å². The minimum absolute atomic E-state index is 0.247. The highest BCUT2D eigenvalue weighted by Crippen LogP contribution is 2.24. The molecule has 0 bridgehead atoms. The summed E-state index contributed by atoms with van der Waals surface area (Å²) in [4.78, 5) is 7.90. The fourth-order valence-electron chi connectivity index (χ4n) is 1.55. The van der Waals surface area contributed by atoms with Gasteiger partial charge in [-0.2, -0.15) is 5.26 Å². The number of rotatable bonds is 1. The molecule has 0 aliphatic carbocycles. The lowest BCUT2D eigenvalue weighted by Crippen LogP contribution is -1.98. The van der Waals surface area contributed by atoms with Crippen molar-refractivity contribution in [3.63, 3.8) is 0 Å². The molecule has 84 valence electrons.